The van der Waals surface area contributed by atoms with Gasteiger partial charge in [0.1, 0.15) is 11.5 Å². The molecular weight excluding hydrogens is 256 g/mol. The fourth-order valence-corrected chi connectivity index (χ4v) is 2.86. The molecule has 1 aromatic heterocycles. The number of rotatable bonds is 5. The van der Waals surface area contributed by atoms with E-state index in [1.165, 1.54) is 25.7 Å². The molecule has 0 amide bonds. The van der Waals surface area contributed by atoms with Crippen molar-refractivity contribution in [2.24, 2.45) is 0 Å². The van der Waals surface area contributed by atoms with Gasteiger partial charge in [0.15, 0.2) is 0 Å². The molecule has 1 N–H and O–H groups in total. The highest BCUT2D eigenvalue weighted by Crippen LogP contribution is 2.32. The summed E-state index contributed by atoms with van der Waals surface area (Å²) in [5.41, 5.74) is 0.598. The van der Waals surface area contributed by atoms with Crippen LogP contribution in [-0.2, 0) is 0 Å². The molecule has 1 saturated carbocycles. The lowest BCUT2D eigenvalue weighted by molar-refractivity contribution is -0.385. The molecule has 6 nitrogen and oxygen atoms in total. The van der Waals surface area contributed by atoms with Crippen LogP contribution in [0.1, 0.15) is 31.4 Å². The largest absolute Gasteiger partial charge is 0.352 e. The predicted molar refractivity (Wildman–Crippen MR) is 77.0 cm³/mol. The second kappa shape index (κ2) is 5.36. The van der Waals surface area contributed by atoms with Crippen molar-refractivity contribution in [3.8, 4) is 0 Å². The Morgan fingerprint density at radius 1 is 1.45 bits per heavy atom. The molecule has 0 bridgehead atoms. The van der Waals surface area contributed by atoms with E-state index in [0.717, 1.165) is 18.9 Å². The van der Waals surface area contributed by atoms with E-state index in [1.54, 1.807) is 19.1 Å². The third kappa shape index (κ3) is 2.75. The summed E-state index contributed by atoms with van der Waals surface area (Å²) in [5, 5.41) is 14.4. The van der Waals surface area contributed by atoms with Crippen LogP contribution in [-0.4, -0.2) is 35.1 Å². The Morgan fingerprint density at radius 2 is 2.25 bits per heavy atom. The SMILES string of the molecule is Cc1nc(N(CC2CCCN2)C2CC2)ccc1[N+](=O)[O-]. The van der Waals surface area contributed by atoms with Gasteiger partial charge in [-0.3, -0.25) is 10.1 Å². The molecule has 1 saturated heterocycles. The number of nitrogens with zero attached hydrogens (tertiary/aromatic N) is 3. The zero-order chi connectivity index (χ0) is 14.1. The molecule has 2 fully saturated rings. The Hall–Kier alpha value is -1.69. The van der Waals surface area contributed by atoms with Crippen LogP contribution in [0.25, 0.3) is 0 Å². The average Bonchev–Trinajstić information content (AvgIpc) is 3.12. The van der Waals surface area contributed by atoms with Gasteiger partial charge in [-0.05, 0) is 45.2 Å². The molecular formula is C14H20N4O2. The predicted octanol–water partition coefficient (Wildman–Crippen LogP) is 2.02. The van der Waals surface area contributed by atoms with Gasteiger partial charge in [0.25, 0.3) is 5.69 Å². The monoisotopic (exact) mass is 276 g/mol. The molecule has 2 heterocycles. The van der Waals surface area contributed by atoms with Gasteiger partial charge < -0.3 is 10.2 Å². The van der Waals surface area contributed by atoms with E-state index in [1.807, 2.05) is 0 Å². The van der Waals surface area contributed by atoms with Gasteiger partial charge in [0.05, 0.1) is 4.92 Å². The van der Waals surface area contributed by atoms with Gasteiger partial charge in [-0.1, -0.05) is 0 Å². The third-order valence-electron chi connectivity index (χ3n) is 4.10. The van der Waals surface area contributed by atoms with E-state index in [2.05, 4.69) is 15.2 Å². The molecule has 1 atom stereocenters. The van der Waals surface area contributed by atoms with E-state index >= 15 is 0 Å². The van der Waals surface area contributed by atoms with E-state index in [4.69, 9.17) is 0 Å². The second-order valence-electron chi connectivity index (χ2n) is 5.71. The molecule has 1 aromatic rings. The van der Waals surface area contributed by atoms with Crippen LogP contribution < -0.4 is 10.2 Å². The van der Waals surface area contributed by atoms with Gasteiger partial charge in [-0.25, -0.2) is 4.98 Å². The van der Waals surface area contributed by atoms with E-state index in [0.29, 0.717) is 17.8 Å². The number of hydrogen-bond acceptors (Lipinski definition) is 5. The highest BCUT2D eigenvalue weighted by atomic mass is 16.6. The average molecular weight is 276 g/mol. The van der Waals surface area contributed by atoms with E-state index in [-0.39, 0.29) is 10.6 Å². The highest BCUT2D eigenvalue weighted by molar-refractivity contribution is 5.48. The maximum atomic E-state index is 10.9. The first-order valence-electron chi connectivity index (χ1n) is 7.27. The summed E-state index contributed by atoms with van der Waals surface area (Å²) in [4.78, 5) is 17.3. The van der Waals surface area contributed by atoms with Gasteiger partial charge in [-0.15, -0.1) is 0 Å². The Morgan fingerprint density at radius 3 is 2.80 bits per heavy atom. The summed E-state index contributed by atoms with van der Waals surface area (Å²) in [7, 11) is 0. The molecule has 1 aliphatic heterocycles. The Labute approximate surface area is 118 Å². The molecule has 108 valence electrons. The van der Waals surface area contributed by atoms with Crippen molar-refractivity contribution >= 4 is 11.5 Å². The first kappa shape index (κ1) is 13.3. The van der Waals surface area contributed by atoms with E-state index in [9.17, 15) is 10.1 Å². The summed E-state index contributed by atoms with van der Waals surface area (Å²) >= 11 is 0. The molecule has 1 aliphatic carbocycles. The van der Waals surface area contributed by atoms with Gasteiger partial charge in [0, 0.05) is 24.7 Å². The molecule has 0 spiro atoms. The summed E-state index contributed by atoms with van der Waals surface area (Å²) < 4.78 is 0. The fraction of sp³-hybridized carbons (Fsp3) is 0.643. The van der Waals surface area contributed by atoms with Gasteiger partial charge in [-0.2, -0.15) is 0 Å². The second-order valence-corrected chi connectivity index (χ2v) is 5.71. The van der Waals surface area contributed by atoms with Gasteiger partial charge >= 0.3 is 0 Å². The number of nitrogens with one attached hydrogen (secondary N) is 1. The van der Waals surface area contributed by atoms with E-state index < -0.39 is 0 Å². The maximum Gasteiger partial charge on any atom is 0.290 e. The van der Waals surface area contributed by atoms with Crippen LogP contribution in [0.3, 0.4) is 0 Å². The fourth-order valence-electron chi connectivity index (χ4n) is 2.86. The normalized spacial score (nSPS) is 21.9. The summed E-state index contributed by atoms with van der Waals surface area (Å²) in [6.07, 6.45) is 4.83. The minimum absolute atomic E-state index is 0.100. The zero-order valence-corrected chi connectivity index (χ0v) is 11.7. The molecule has 0 aromatic carbocycles. The van der Waals surface area contributed by atoms with Crippen molar-refractivity contribution in [2.75, 3.05) is 18.0 Å². The number of aryl methyl sites for hydroxylation is 1. The van der Waals surface area contributed by atoms with Crippen LogP contribution in [0.15, 0.2) is 12.1 Å². The van der Waals surface area contributed by atoms with Crippen molar-refractivity contribution in [1.29, 1.82) is 0 Å². The van der Waals surface area contributed by atoms with Crippen LogP contribution in [0.2, 0.25) is 0 Å². The van der Waals surface area contributed by atoms with Crippen molar-refractivity contribution in [1.82, 2.24) is 10.3 Å². The van der Waals surface area contributed by atoms with Crippen LogP contribution in [0, 0.1) is 17.0 Å². The summed E-state index contributed by atoms with van der Waals surface area (Å²) in [6, 6.07) is 4.45. The summed E-state index contributed by atoms with van der Waals surface area (Å²) in [6.45, 7) is 3.76. The lowest BCUT2D eigenvalue weighted by Gasteiger charge is -2.27. The number of aromatic nitrogens is 1. The number of hydrogen-bond donors (Lipinski definition) is 1. The lowest BCUT2D eigenvalue weighted by Crippen LogP contribution is -2.39. The minimum atomic E-state index is -0.369. The number of nitro groups is 1. The third-order valence-corrected chi connectivity index (χ3v) is 4.10. The smallest absolute Gasteiger partial charge is 0.290 e. The van der Waals surface area contributed by atoms with Crippen LogP contribution in [0.4, 0.5) is 11.5 Å². The highest BCUT2D eigenvalue weighted by Gasteiger charge is 2.32. The Bertz CT molecular complexity index is 510. The zero-order valence-electron chi connectivity index (χ0n) is 11.7. The Kier molecular flexibility index (Phi) is 3.56. The molecule has 0 radical (unpaired) electrons. The van der Waals surface area contributed by atoms with Crippen LogP contribution >= 0.6 is 0 Å². The molecule has 6 heteroatoms. The minimum Gasteiger partial charge on any atom is -0.352 e. The number of pyridine rings is 1. The van der Waals surface area contributed by atoms with Crippen LogP contribution in [0.5, 0.6) is 0 Å². The lowest BCUT2D eigenvalue weighted by atomic mass is 10.2. The van der Waals surface area contributed by atoms with Crippen molar-refractivity contribution in [3.63, 3.8) is 0 Å². The quantitative estimate of drug-likeness (QED) is 0.658. The first-order chi connectivity index (χ1) is 9.65. The standard InChI is InChI=1S/C14H20N4O2/c1-10-13(18(19)20)6-7-14(16-10)17(12-4-5-12)9-11-3-2-8-15-11/h6-7,11-12,15H,2-5,8-9H2,1H3. The summed E-state index contributed by atoms with van der Waals surface area (Å²) in [5.74, 6) is 0.879. The van der Waals surface area contributed by atoms with Crippen molar-refractivity contribution in [2.45, 2.75) is 44.7 Å². The molecule has 3 rings (SSSR count). The Balaban J connectivity index is 1.80. The van der Waals surface area contributed by atoms with Gasteiger partial charge in [0.2, 0.25) is 0 Å². The van der Waals surface area contributed by atoms with Crippen molar-refractivity contribution in [3.05, 3.63) is 27.9 Å². The maximum absolute atomic E-state index is 10.9. The molecule has 1 unspecified atom stereocenters. The molecule has 20 heavy (non-hydrogen) atoms. The first-order valence-corrected chi connectivity index (χ1v) is 7.27. The number of anilines is 1. The molecule has 2 aliphatic rings. The topological polar surface area (TPSA) is 71.3 Å². The van der Waals surface area contributed by atoms with Crippen molar-refractivity contribution < 1.29 is 4.92 Å².